The molecular weight excluding hydrogens is 276 g/mol. The van der Waals surface area contributed by atoms with Gasteiger partial charge >= 0.3 is 0 Å². The first-order valence-electron chi connectivity index (χ1n) is 8.06. The Morgan fingerprint density at radius 3 is 2.73 bits per heavy atom. The van der Waals surface area contributed by atoms with Gasteiger partial charge in [0.15, 0.2) is 0 Å². The van der Waals surface area contributed by atoms with E-state index in [1.54, 1.807) is 0 Å². The largest absolute Gasteiger partial charge is 0.342 e. The van der Waals surface area contributed by atoms with Crippen molar-refractivity contribution in [2.75, 3.05) is 24.5 Å². The third kappa shape index (κ3) is 2.62. The lowest BCUT2D eigenvalue weighted by Gasteiger charge is -2.25. The molecule has 0 aromatic heterocycles. The number of likely N-dealkylation sites (tertiary alicyclic amines) is 1. The maximum Gasteiger partial charge on any atom is 0.227 e. The Bertz CT molecular complexity index is 611. The maximum atomic E-state index is 12.5. The number of amides is 2. The van der Waals surface area contributed by atoms with E-state index in [9.17, 15) is 9.59 Å². The van der Waals surface area contributed by atoms with Crippen LogP contribution in [0.4, 0.5) is 5.69 Å². The summed E-state index contributed by atoms with van der Waals surface area (Å²) in [6, 6.07) is 8.09. The van der Waals surface area contributed by atoms with Crippen molar-refractivity contribution in [3.05, 3.63) is 29.8 Å². The SMILES string of the molecule is Cc1cccc(N2C[C@@]3(CCN(C(=O)C(C)C)C3)CC2=O)c1. The highest BCUT2D eigenvalue weighted by molar-refractivity contribution is 5.96. The van der Waals surface area contributed by atoms with E-state index in [0.29, 0.717) is 6.42 Å². The highest BCUT2D eigenvalue weighted by Gasteiger charge is 2.48. The molecule has 2 fully saturated rings. The number of carbonyl (C=O) groups excluding carboxylic acids is 2. The van der Waals surface area contributed by atoms with Gasteiger partial charge in [-0.15, -0.1) is 0 Å². The summed E-state index contributed by atoms with van der Waals surface area (Å²) in [6.07, 6.45) is 1.49. The van der Waals surface area contributed by atoms with Crippen molar-refractivity contribution in [3.8, 4) is 0 Å². The Labute approximate surface area is 132 Å². The Kier molecular flexibility index (Phi) is 3.71. The molecule has 4 heteroatoms. The van der Waals surface area contributed by atoms with Crippen LogP contribution in [0.15, 0.2) is 24.3 Å². The van der Waals surface area contributed by atoms with Crippen molar-refractivity contribution < 1.29 is 9.59 Å². The van der Waals surface area contributed by atoms with Crippen LogP contribution < -0.4 is 4.90 Å². The molecule has 118 valence electrons. The van der Waals surface area contributed by atoms with Crippen LogP contribution in [0.5, 0.6) is 0 Å². The average molecular weight is 300 g/mol. The summed E-state index contributed by atoms with van der Waals surface area (Å²) in [7, 11) is 0. The Morgan fingerprint density at radius 1 is 1.27 bits per heavy atom. The van der Waals surface area contributed by atoms with E-state index in [-0.39, 0.29) is 23.1 Å². The van der Waals surface area contributed by atoms with Crippen LogP contribution in [0.1, 0.15) is 32.3 Å². The van der Waals surface area contributed by atoms with E-state index < -0.39 is 0 Å². The van der Waals surface area contributed by atoms with Crippen LogP contribution in [0.25, 0.3) is 0 Å². The summed E-state index contributed by atoms with van der Waals surface area (Å²) in [5.41, 5.74) is 2.09. The number of aryl methyl sites for hydroxylation is 1. The Hall–Kier alpha value is -1.84. The molecule has 2 heterocycles. The first kappa shape index (κ1) is 15.1. The minimum Gasteiger partial charge on any atom is -0.342 e. The van der Waals surface area contributed by atoms with E-state index in [0.717, 1.165) is 37.3 Å². The smallest absolute Gasteiger partial charge is 0.227 e. The van der Waals surface area contributed by atoms with E-state index in [2.05, 4.69) is 6.07 Å². The van der Waals surface area contributed by atoms with Crippen LogP contribution in [0, 0.1) is 18.3 Å². The number of hydrogen-bond donors (Lipinski definition) is 0. The standard InChI is InChI=1S/C18H24N2O2/c1-13(2)17(22)19-8-7-18(11-19)10-16(21)20(12-18)15-6-4-5-14(3)9-15/h4-6,9,13H,7-8,10-12H2,1-3H3/t18-/m0/s1. The van der Waals surface area contributed by atoms with Crippen LogP contribution in [0.3, 0.4) is 0 Å². The van der Waals surface area contributed by atoms with Gasteiger partial charge in [-0.3, -0.25) is 9.59 Å². The molecule has 1 aromatic carbocycles. The average Bonchev–Trinajstić information content (AvgIpc) is 3.02. The van der Waals surface area contributed by atoms with Gasteiger partial charge in [0.25, 0.3) is 0 Å². The monoisotopic (exact) mass is 300 g/mol. The Balaban J connectivity index is 1.76. The van der Waals surface area contributed by atoms with Crippen molar-refractivity contribution >= 4 is 17.5 Å². The molecule has 1 aromatic rings. The molecule has 0 saturated carbocycles. The fraction of sp³-hybridized carbons (Fsp3) is 0.556. The van der Waals surface area contributed by atoms with Gasteiger partial charge in [-0.05, 0) is 31.0 Å². The highest BCUT2D eigenvalue weighted by Crippen LogP contribution is 2.42. The molecule has 2 amide bonds. The zero-order valence-corrected chi connectivity index (χ0v) is 13.6. The lowest BCUT2D eigenvalue weighted by molar-refractivity contribution is -0.133. The molecule has 0 N–H and O–H groups in total. The predicted octanol–water partition coefficient (Wildman–Crippen LogP) is 2.61. The summed E-state index contributed by atoms with van der Waals surface area (Å²) in [5, 5.41) is 0. The van der Waals surface area contributed by atoms with Gasteiger partial charge in [-0.25, -0.2) is 0 Å². The molecule has 4 nitrogen and oxygen atoms in total. The molecule has 1 spiro atoms. The molecule has 0 aliphatic carbocycles. The van der Waals surface area contributed by atoms with Crippen LogP contribution >= 0.6 is 0 Å². The highest BCUT2D eigenvalue weighted by atomic mass is 16.2. The number of anilines is 1. The van der Waals surface area contributed by atoms with Gasteiger partial charge in [-0.1, -0.05) is 26.0 Å². The predicted molar refractivity (Wildman–Crippen MR) is 86.6 cm³/mol. The fourth-order valence-electron chi connectivity index (χ4n) is 3.69. The summed E-state index contributed by atoms with van der Waals surface area (Å²) < 4.78 is 0. The van der Waals surface area contributed by atoms with E-state index in [1.165, 1.54) is 0 Å². The molecule has 0 bridgehead atoms. The van der Waals surface area contributed by atoms with Gasteiger partial charge in [0, 0.05) is 43.1 Å². The minimum atomic E-state index is -0.0502. The first-order chi connectivity index (χ1) is 10.4. The molecular formula is C18H24N2O2. The second-order valence-corrected chi connectivity index (χ2v) is 7.16. The quantitative estimate of drug-likeness (QED) is 0.842. The minimum absolute atomic E-state index is 0.0279. The third-order valence-corrected chi connectivity index (χ3v) is 4.88. The molecule has 2 saturated heterocycles. The first-order valence-corrected chi connectivity index (χ1v) is 8.06. The topological polar surface area (TPSA) is 40.6 Å². The van der Waals surface area contributed by atoms with Crippen molar-refractivity contribution in [1.29, 1.82) is 0 Å². The number of nitrogens with zero attached hydrogens (tertiary/aromatic N) is 2. The summed E-state index contributed by atoms with van der Waals surface area (Å²) >= 11 is 0. The summed E-state index contributed by atoms with van der Waals surface area (Å²) in [6.45, 7) is 8.15. The molecule has 22 heavy (non-hydrogen) atoms. The van der Waals surface area contributed by atoms with Crippen LogP contribution in [-0.4, -0.2) is 36.3 Å². The Morgan fingerprint density at radius 2 is 2.05 bits per heavy atom. The maximum absolute atomic E-state index is 12.5. The van der Waals surface area contributed by atoms with Gasteiger partial charge < -0.3 is 9.80 Å². The summed E-state index contributed by atoms with van der Waals surface area (Å²) in [4.78, 5) is 28.5. The van der Waals surface area contributed by atoms with E-state index in [1.807, 2.05) is 48.8 Å². The lowest BCUT2D eigenvalue weighted by Crippen LogP contribution is -2.36. The van der Waals surface area contributed by atoms with Gasteiger partial charge in [-0.2, -0.15) is 0 Å². The van der Waals surface area contributed by atoms with Crippen molar-refractivity contribution in [3.63, 3.8) is 0 Å². The number of rotatable bonds is 2. The molecule has 1 atom stereocenters. The van der Waals surface area contributed by atoms with Gasteiger partial charge in [0.1, 0.15) is 0 Å². The molecule has 2 aliphatic heterocycles. The molecule has 3 rings (SSSR count). The third-order valence-electron chi connectivity index (χ3n) is 4.88. The second-order valence-electron chi connectivity index (χ2n) is 7.16. The van der Waals surface area contributed by atoms with Crippen molar-refractivity contribution in [2.24, 2.45) is 11.3 Å². The van der Waals surface area contributed by atoms with Gasteiger partial charge in [0.05, 0.1) is 0 Å². The lowest BCUT2D eigenvalue weighted by atomic mass is 9.86. The van der Waals surface area contributed by atoms with Crippen LogP contribution in [0.2, 0.25) is 0 Å². The molecule has 0 radical (unpaired) electrons. The van der Waals surface area contributed by atoms with E-state index in [4.69, 9.17) is 0 Å². The molecule has 0 unspecified atom stereocenters. The van der Waals surface area contributed by atoms with E-state index >= 15 is 0 Å². The van der Waals surface area contributed by atoms with Crippen molar-refractivity contribution in [1.82, 2.24) is 4.90 Å². The number of hydrogen-bond acceptors (Lipinski definition) is 2. The molecule has 2 aliphatic rings. The van der Waals surface area contributed by atoms with Crippen molar-refractivity contribution in [2.45, 2.75) is 33.6 Å². The van der Waals surface area contributed by atoms with Gasteiger partial charge in [0.2, 0.25) is 11.8 Å². The van der Waals surface area contributed by atoms with Crippen LogP contribution in [-0.2, 0) is 9.59 Å². The number of benzene rings is 1. The zero-order valence-electron chi connectivity index (χ0n) is 13.6. The number of carbonyl (C=O) groups is 2. The zero-order chi connectivity index (χ0) is 15.9. The second kappa shape index (κ2) is 5.41. The normalized spacial score (nSPS) is 24.8. The summed E-state index contributed by atoms with van der Waals surface area (Å²) in [5.74, 6) is 0.419. The fourth-order valence-corrected chi connectivity index (χ4v) is 3.69.